The number of hydrogen-bond acceptors (Lipinski definition) is 3. The smallest absolute Gasteiger partial charge is 0.209 e. The van der Waals surface area contributed by atoms with Gasteiger partial charge in [0.25, 0.3) is 0 Å². The molecule has 12 heavy (non-hydrogen) atoms. The molecule has 0 aliphatic rings. The third-order valence-corrected chi connectivity index (χ3v) is 1.44. The molecule has 0 aromatic heterocycles. The predicted octanol–water partition coefficient (Wildman–Crippen LogP) is -0.724. The number of nitrogens with two attached hydrogens (primary N) is 1. The van der Waals surface area contributed by atoms with Crippen LogP contribution in [0.4, 0.5) is 0 Å². The van der Waals surface area contributed by atoms with E-state index in [0.29, 0.717) is 0 Å². The van der Waals surface area contributed by atoms with Crippen LogP contribution in [-0.4, -0.2) is 50.0 Å². The fourth-order valence-corrected chi connectivity index (χ4v) is 0.601. The molecule has 0 fully saturated rings. The van der Waals surface area contributed by atoms with E-state index >= 15 is 0 Å². The minimum Gasteiger partial charge on any atom is -0.369 e. The average Bonchev–Trinajstić information content (AvgIpc) is 2.00. The van der Waals surface area contributed by atoms with Crippen LogP contribution in [0, 0.1) is 11.5 Å². The molecule has 0 aliphatic heterocycles. The zero-order chi connectivity index (χ0) is 9.56. The summed E-state index contributed by atoms with van der Waals surface area (Å²) in [6, 6.07) is 0. The van der Waals surface area contributed by atoms with Crippen molar-refractivity contribution < 1.29 is 0 Å². The Hall–Kier alpha value is -1.28. The summed E-state index contributed by atoms with van der Waals surface area (Å²) in [5, 5.41) is 8.21. The lowest BCUT2D eigenvalue weighted by atomic mass is 10.5. The second-order valence-corrected chi connectivity index (χ2v) is 2.79. The van der Waals surface area contributed by atoms with Crippen molar-refractivity contribution in [3.8, 4) is 6.19 Å². The number of nitriles is 1. The molecule has 0 rings (SSSR count). The van der Waals surface area contributed by atoms with Crippen molar-refractivity contribution in [3.63, 3.8) is 0 Å². The van der Waals surface area contributed by atoms with Gasteiger partial charge in [0.05, 0.1) is 0 Å². The van der Waals surface area contributed by atoms with Crippen LogP contribution < -0.4 is 5.73 Å². The van der Waals surface area contributed by atoms with E-state index in [9.17, 15) is 0 Å². The molecular weight excluding hydrogens is 154 g/mol. The molecule has 2 N–H and O–H groups in total. The highest BCUT2D eigenvalue weighted by atomic mass is 15.2. The summed E-state index contributed by atoms with van der Waals surface area (Å²) >= 11 is 0. The molecule has 0 radical (unpaired) electrons. The van der Waals surface area contributed by atoms with Gasteiger partial charge in [-0.15, -0.1) is 4.99 Å². The van der Waals surface area contributed by atoms with Crippen molar-refractivity contribution in [1.29, 1.82) is 5.26 Å². The topological polar surface area (TPSA) is 68.7 Å². The molecule has 0 unspecified atom stereocenters. The SMILES string of the molecule is CN(C)CCN(C)/C(N)=N/C#N. The molecule has 0 amide bonds. The highest BCUT2D eigenvalue weighted by Gasteiger charge is 2.00. The maximum atomic E-state index is 8.21. The monoisotopic (exact) mass is 169 g/mol. The predicted molar refractivity (Wildman–Crippen MR) is 48.4 cm³/mol. The molecule has 68 valence electrons. The lowest BCUT2D eigenvalue weighted by Crippen LogP contribution is -2.38. The third-order valence-electron chi connectivity index (χ3n) is 1.44. The maximum Gasteiger partial charge on any atom is 0.209 e. The Morgan fingerprint density at radius 1 is 1.42 bits per heavy atom. The van der Waals surface area contributed by atoms with E-state index in [1.165, 1.54) is 0 Å². The van der Waals surface area contributed by atoms with Crippen molar-refractivity contribution >= 4 is 5.96 Å². The van der Waals surface area contributed by atoms with Crippen molar-refractivity contribution in [1.82, 2.24) is 9.80 Å². The molecule has 0 atom stereocenters. The molecular formula is C7H15N5. The highest BCUT2D eigenvalue weighted by Crippen LogP contribution is 1.83. The Bertz CT molecular complexity index is 190. The van der Waals surface area contributed by atoms with E-state index in [1.54, 1.807) is 18.1 Å². The van der Waals surface area contributed by atoms with Gasteiger partial charge in [-0.2, -0.15) is 5.26 Å². The van der Waals surface area contributed by atoms with Crippen LogP contribution in [0.1, 0.15) is 0 Å². The minimum absolute atomic E-state index is 0.263. The Morgan fingerprint density at radius 2 is 2.00 bits per heavy atom. The van der Waals surface area contributed by atoms with Gasteiger partial charge in [0.2, 0.25) is 12.2 Å². The van der Waals surface area contributed by atoms with Crippen LogP contribution in [0.3, 0.4) is 0 Å². The summed E-state index contributed by atoms with van der Waals surface area (Å²) in [6.45, 7) is 1.65. The second-order valence-electron chi connectivity index (χ2n) is 2.79. The summed E-state index contributed by atoms with van der Waals surface area (Å²) < 4.78 is 0. The first-order chi connectivity index (χ1) is 5.57. The highest BCUT2D eigenvalue weighted by molar-refractivity contribution is 5.78. The van der Waals surface area contributed by atoms with Crippen molar-refractivity contribution in [2.45, 2.75) is 0 Å². The zero-order valence-corrected chi connectivity index (χ0v) is 7.78. The summed E-state index contributed by atoms with van der Waals surface area (Å²) in [5.74, 6) is 0.263. The van der Waals surface area contributed by atoms with Gasteiger partial charge in [-0.1, -0.05) is 0 Å². The fourth-order valence-electron chi connectivity index (χ4n) is 0.601. The number of rotatable bonds is 3. The molecule has 0 saturated carbocycles. The van der Waals surface area contributed by atoms with E-state index < -0.39 is 0 Å². The van der Waals surface area contributed by atoms with Crippen molar-refractivity contribution in [3.05, 3.63) is 0 Å². The first-order valence-electron chi connectivity index (χ1n) is 3.66. The number of nitrogens with zero attached hydrogens (tertiary/aromatic N) is 4. The molecule has 0 aromatic carbocycles. The summed E-state index contributed by atoms with van der Waals surface area (Å²) in [6.07, 6.45) is 1.64. The van der Waals surface area contributed by atoms with Gasteiger partial charge in [-0.25, -0.2) is 0 Å². The van der Waals surface area contributed by atoms with Gasteiger partial charge in [0, 0.05) is 20.1 Å². The van der Waals surface area contributed by atoms with Gasteiger partial charge < -0.3 is 15.5 Å². The first kappa shape index (κ1) is 10.7. The lowest BCUT2D eigenvalue weighted by Gasteiger charge is -2.19. The van der Waals surface area contributed by atoms with E-state index in [-0.39, 0.29) is 5.96 Å². The van der Waals surface area contributed by atoms with Crippen LogP contribution in [-0.2, 0) is 0 Å². The Morgan fingerprint density at radius 3 is 2.42 bits per heavy atom. The maximum absolute atomic E-state index is 8.21. The standard InChI is InChI=1S/C7H15N5/c1-11(2)4-5-12(3)7(9)10-6-8/h4-5H2,1-3H3,(H2,9,10). The van der Waals surface area contributed by atoms with Crippen molar-refractivity contribution in [2.24, 2.45) is 10.7 Å². The largest absolute Gasteiger partial charge is 0.369 e. The fraction of sp³-hybridized carbons (Fsp3) is 0.714. The second kappa shape index (κ2) is 5.38. The average molecular weight is 169 g/mol. The van der Waals surface area contributed by atoms with E-state index in [1.807, 2.05) is 19.0 Å². The van der Waals surface area contributed by atoms with Gasteiger partial charge in [0.1, 0.15) is 0 Å². The normalized spacial score (nSPS) is 11.4. The third kappa shape index (κ3) is 4.52. The van der Waals surface area contributed by atoms with Gasteiger partial charge in [0.15, 0.2) is 0 Å². The van der Waals surface area contributed by atoms with E-state index in [4.69, 9.17) is 11.0 Å². The quantitative estimate of drug-likeness (QED) is 0.344. The van der Waals surface area contributed by atoms with Gasteiger partial charge in [-0.05, 0) is 14.1 Å². The Balaban J connectivity index is 3.81. The van der Waals surface area contributed by atoms with E-state index in [2.05, 4.69) is 4.99 Å². The van der Waals surface area contributed by atoms with Crippen LogP contribution in [0.2, 0.25) is 0 Å². The minimum atomic E-state index is 0.263. The molecule has 0 heterocycles. The number of hydrogen-bond donors (Lipinski definition) is 1. The molecule has 0 aromatic rings. The lowest BCUT2D eigenvalue weighted by molar-refractivity contribution is 0.355. The molecule has 0 spiro atoms. The van der Waals surface area contributed by atoms with Gasteiger partial charge >= 0.3 is 0 Å². The molecule has 5 nitrogen and oxygen atoms in total. The summed E-state index contributed by atoms with van der Waals surface area (Å²) in [7, 11) is 5.76. The van der Waals surface area contributed by atoms with Gasteiger partial charge in [-0.3, -0.25) is 0 Å². The molecule has 5 heteroatoms. The summed E-state index contributed by atoms with van der Waals surface area (Å²) in [4.78, 5) is 7.19. The number of likely N-dealkylation sites (N-methyl/N-ethyl adjacent to an activating group) is 2. The van der Waals surface area contributed by atoms with Crippen LogP contribution in [0.25, 0.3) is 0 Å². The molecule has 0 saturated heterocycles. The first-order valence-corrected chi connectivity index (χ1v) is 3.66. The molecule has 0 aliphatic carbocycles. The number of aliphatic imine (C=N–C) groups is 1. The van der Waals surface area contributed by atoms with Crippen LogP contribution in [0.15, 0.2) is 4.99 Å². The van der Waals surface area contributed by atoms with Crippen LogP contribution >= 0.6 is 0 Å². The molecule has 0 bridgehead atoms. The Labute approximate surface area is 73.1 Å². The van der Waals surface area contributed by atoms with Crippen molar-refractivity contribution in [2.75, 3.05) is 34.2 Å². The van der Waals surface area contributed by atoms with E-state index in [0.717, 1.165) is 13.1 Å². The summed E-state index contributed by atoms with van der Waals surface area (Å²) in [5.41, 5.74) is 5.45. The zero-order valence-electron chi connectivity index (χ0n) is 7.78. The number of guanidine groups is 1. The Kier molecular flexibility index (Phi) is 4.81. The van der Waals surface area contributed by atoms with Crippen LogP contribution in [0.5, 0.6) is 0 Å².